The highest BCUT2D eigenvalue weighted by Crippen LogP contribution is 2.31. The predicted octanol–water partition coefficient (Wildman–Crippen LogP) is 2.64. The second kappa shape index (κ2) is 8.86. The van der Waals surface area contributed by atoms with E-state index in [1.807, 2.05) is 13.8 Å². The van der Waals surface area contributed by atoms with Gasteiger partial charge in [-0.2, -0.15) is 4.98 Å². The van der Waals surface area contributed by atoms with Crippen LogP contribution >= 0.6 is 0 Å². The van der Waals surface area contributed by atoms with E-state index in [0.717, 1.165) is 25.1 Å². The Morgan fingerprint density at radius 2 is 2.04 bits per heavy atom. The quantitative estimate of drug-likeness (QED) is 0.716. The van der Waals surface area contributed by atoms with Crippen molar-refractivity contribution in [3.8, 4) is 0 Å². The van der Waals surface area contributed by atoms with Crippen molar-refractivity contribution in [3.05, 3.63) is 11.7 Å². The van der Waals surface area contributed by atoms with Crippen LogP contribution in [0, 0.1) is 0 Å². The molecule has 2 atom stereocenters. The molecule has 1 aliphatic carbocycles. The van der Waals surface area contributed by atoms with E-state index in [-0.39, 0.29) is 24.7 Å². The van der Waals surface area contributed by atoms with Gasteiger partial charge < -0.3 is 20.3 Å². The molecule has 1 aromatic rings. The second-order valence-corrected chi connectivity index (χ2v) is 6.43. The molecule has 0 aromatic carbocycles. The minimum absolute atomic E-state index is 0.00911. The highest BCUT2D eigenvalue weighted by atomic mass is 16.5. The van der Waals surface area contributed by atoms with Crippen molar-refractivity contribution in [2.75, 3.05) is 6.61 Å². The van der Waals surface area contributed by atoms with Gasteiger partial charge in [0.05, 0.1) is 0 Å². The third kappa shape index (κ3) is 5.49. The first kappa shape index (κ1) is 17.7. The standard InChI is InChI=1S/C16H28N4O3/c1-11(7-6-10-21)17-16(22)18-12(2)15-19-14(20-23-15)13-8-4-3-5-9-13/h11-13,21H,3-10H2,1-2H3,(H2,17,18,22). The van der Waals surface area contributed by atoms with Crippen molar-refractivity contribution in [1.82, 2.24) is 20.8 Å². The number of aromatic nitrogens is 2. The summed E-state index contributed by atoms with van der Waals surface area (Å²) in [6.45, 7) is 3.87. The molecule has 1 aromatic heterocycles. The number of urea groups is 1. The number of amides is 2. The molecule has 23 heavy (non-hydrogen) atoms. The first-order valence-electron chi connectivity index (χ1n) is 8.61. The highest BCUT2D eigenvalue weighted by Gasteiger charge is 2.23. The summed E-state index contributed by atoms with van der Waals surface area (Å²) in [6.07, 6.45) is 7.37. The zero-order valence-corrected chi connectivity index (χ0v) is 14.0. The Labute approximate surface area is 137 Å². The van der Waals surface area contributed by atoms with Gasteiger partial charge in [0.2, 0.25) is 5.89 Å². The molecule has 3 N–H and O–H groups in total. The van der Waals surface area contributed by atoms with E-state index in [4.69, 9.17) is 9.63 Å². The van der Waals surface area contributed by atoms with Crippen LogP contribution in [0.5, 0.6) is 0 Å². The fourth-order valence-electron chi connectivity index (χ4n) is 2.94. The molecular weight excluding hydrogens is 296 g/mol. The SMILES string of the molecule is CC(CCCO)NC(=O)NC(C)c1nc(C2CCCCC2)no1. The van der Waals surface area contributed by atoms with Crippen LogP contribution < -0.4 is 10.6 Å². The molecule has 0 radical (unpaired) electrons. The normalized spacial score (nSPS) is 18.4. The molecule has 0 bridgehead atoms. The van der Waals surface area contributed by atoms with Gasteiger partial charge in [-0.05, 0) is 39.5 Å². The molecule has 2 rings (SSSR count). The van der Waals surface area contributed by atoms with E-state index in [2.05, 4.69) is 20.8 Å². The average Bonchev–Trinajstić information content (AvgIpc) is 3.03. The summed E-state index contributed by atoms with van der Waals surface area (Å²) in [4.78, 5) is 16.4. The molecule has 7 nitrogen and oxygen atoms in total. The van der Waals surface area contributed by atoms with Gasteiger partial charge in [0.15, 0.2) is 5.82 Å². The smallest absolute Gasteiger partial charge is 0.315 e. The number of rotatable bonds is 7. The molecule has 1 aliphatic rings. The number of hydrogen-bond donors (Lipinski definition) is 3. The number of aliphatic hydroxyl groups is 1. The lowest BCUT2D eigenvalue weighted by Gasteiger charge is -2.17. The zero-order valence-electron chi connectivity index (χ0n) is 14.0. The number of hydrogen-bond acceptors (Lipinski definition) is 5. The lowest BCUT2D eigenvalue weighted by atomic mass is 9.89. The molecule has 1 heterocycles. The van der Waals surface area contributed by atoms with Gasteiger partial charge >= 0.3 is 6.03 Å². The van der Waals surface area contributed by atoms with Gasteiger partial charge in [0, 0.05) is 18.6 Å². The topological polar surface area (TPSA) is 100 Å². The fourth-order valence-corrected chi connectivity index (χ4v) is 2.94. The summed E-state index contributed by atoms with van der Waals surface area (Å²) in [7, 11) is 0. The minimum atomic E-state index is -0.329. The zero-order chi connectivity index (χ0) is 16.7. The molecular formula is C16H28N4O3. The third-order valence-corrected chi connectivity index (χ3v) is 4.32. The van der Waals surface area contributed by atoms with E-state index in [1.54, 1.807) is 0 Å². The summed E-state index contributed by atoms with van der Waals surface area (Å²) < 4.78 is 5.31. The Morgan fingerprint density at radius 1 is 1.30 bits per heavy atom. The monoisotopic (exact) mass is 324 g/mol. The van der Waals surface area contributed by atoms with Crippen molar-refractivity contribution in [1.29, 1.82) is 0 Å². The Balaban J connectivity index is 1.82. The maximum absolute atomic E-state index is 11.9. The Kier molecular flexibility index (Phi) is 6.83. The number of aliphatic hydroxyl groups excluding tert-OH is 1. The maximum atomic E-state index is 11.9. The van der Waals surface area contributed by atoms with E-state index < -0.39 is 0 Å². The first-order valence-corrected chi connectivity index (χ1v) is 8.61. The van der Waals surface area contributed by atoms with Gasteiger partial charge in [-0.25, -0.2) is 4.79 Å². The summed E-state index contributed by atoms with van der Waals surface area (Å²) in [5.41, 5.74) is 0. The van der Waals surface area contributed by atoms with Crippen LogP contribution in [0.25, 0.3) is 0 Å². The number of carbonyl (C=O) groups excluding carboxylic acids is 1. The third-order valence-electron chi connectivity index (χ3n) is 4.32. The molecule has 7 heteroatoms. The Bertz CT molecular complexity index is 485. The van der Waals surface area contributed by atoms with Crippen LogP contribution in [-0.4, -0.2) is 33.9 Å². The van der Waals surface area contributed by atoms with Crippen LogP contribution in [0.4, 0.5) is 4.79 Å². The molecule has 1 saturated carbocycles. The Morgan fingerprint density at radius 3 is 2.74 bits per heavy atom. The van der Waals surface area contributed by atoms with Crippen LogP contribution in [0.3, 0.4) is 0 Å². The van der Waals surface area contributed by atoms with Gasteiger partial charge in [-0.3, -0.25) is 0 Å². The van der Waals surface area contributed by atoms with E-state index in [0.29, 0.717) is 18.2 Å². The van der Waals surface area contributed by atoms with Crippen molar-refractivity contribution in [3.63, 3.8) is 0 Å². The van der Waals surface area contributed by atoms with Crippen molar-refractivity contribution < 1.29 is 14.4 Å². The van der Waals surface area contributed by atoms with Gasteiger partial charge in [0.1, 0.15) is 6.04 Å². The number of carbonyl (C=O) groups is 1. The largest absolute Gasteiger partial charge is 0.396 e. The average molecular weight is 324 g/mol. The molecule has 0 spiro atoms. The van der Waals surface area contributed by atoms with Gasteiger partial charge in [0.25, 0.3) is 0 Å². The van der Waals surface area contributed by atoms with E-state index in [9.17, 15) is 4.79 Å². The minimum Gasteiger partial charge on any atom is -0.396 e. The van der Waals surface area contributed by atoms with Crippen LogP contribution in [0.15, 0.2) is 4.52 Å². The molecule has 2 amide bonds. The molecule has 2 unspecified atom stereocenters. The summed E-state index contributed by atoms with van der Waals surface area (Å²) >= 11 is 0. The van der Waals surface area contributed by atoms with Crippen LogP contribution in [0.1, 0.15) is 82.5 Å². The first-order chi connectivity index (χ1) is 11.1. The maximum Gasteiger partial charge on any atom is 0.315 e. The van der Waals surface area contributed by atoms with Crippen molar-refractivity contribution in [2.24, 2.45) is 0 Å². The fraction of sp³-hybridized carbons (Fsp3) is 0.812. The van der Waals surface area contributed by atoms with Crippen LogP contribution in [0.2, 0.25) is 0 Å². The van der Waals surface area contributed by atoms with Gasteiger partial charge in [-0.1, -0.05) is 24.4 Å². The van der Waals surface area contributed by atoms with Gasteiger partial charge in [-0.15, -0.1) is 0 Å². The molecule has 0 aliphatic heterocycles. The highest BCUT2D eigenvalue weighted by molar-refractivity contribution is 5.74. The summed E-state index contributed by atoms with van der Waals surface area (Å²) in [5.74, 6) is 1.61. The van der Waals surface area contributed by atoms with Crippen LogP contribution in [-0.2, 0) is 0 Å². The number of nitrogens with one attached hydrogen (secondary N) is 2. The number of nitrogens with zero attached hydrogens (tertiary/aromatic N) is 2. The summed E-state index contributed by atoms with van der Waals surface area (Å²) in [5, 5.41) is 18.5. The van der Waals surface area contributed by atoms with E-state index in [1.165, 1.54) is 19.3 Å². The van der Waals surface area contributed by atoms with E-state index >= 15 is 0 Å². The molecule has 1 fully saturated rings. The lowest BCUT2D eigenvalue weighted by molar-refractivity contribution is 0.228. The lowest BCUT2D eigenvalue weighted by Crippen LogP contribution is -2.41. The summed E-state index contributed by atoms with van der Waals surface area (Å²) in [6, 6.07) is -0.583. The van der Waals surface area contributed by atoms with Crippen molar-refractivity contribution >= 4 is 6.03 Å². The molecule has 130 valence electrons. The predicted molar refractivity (Wildman–Crippen MR) is 86.0 cm³/mol. The second-order valence-electron chi connectivity index (χ2n) is 6.43. The Hall–Kier alpha value is -1.63. The van der Waals surface area contributed by atoms with Crippen molar-refractivity contribution in [2.45, 2.75) is 76.8 Å². The molecule has 0 saturated heterocycles.